The number of nitrogens with one attached hydrogen (secondary N) is 1. The van der Waals surface area contributed by atoms with Gasteiger partial charge in [-0.15, -0.1) is 0 Å². The minimum atomic E-state index is -0.551. The molecule has 9 heteroatoms. The van der Waals surface area contributed by atoms with E-state index in [0.717, 1.165) is 5.56 Å². The highest BCUT2D eigenvalue weighted by atomic mass is 79.9. The topological polar surface area (TPSA) is 89.8 Å². The molecule has 1 amide bonds. The van der Waals surface area contributed by atoms with Gasteiger partial charge in [0.15, 0.2) is 11.5 Å². The van der Waals surface area contributed by atoms with Crippen molar-refractivity contribution in [3.05, 3.63) is 87.2 Å². The highest BCUT2D eigenvalue weighted by molar-refractivity contribution is 9.10. The van der Waals surface area contributed by atoms with Crippen LogP contribution in [0.4, 0.5) is 4.39 Å². The van der Waals surface area contributed by atoms with E-state index in [9.17, 15) is 14.4 Å². The molecule has 1 N–H and O–H groups in total. The van der Waals surface area contributed by atoms with Crippen LogP contribution in [-0.2, 0) is 17.9 Å². The third kappa shape index (κ3) is 7.24. The molecule has 0 radical (unpaired) electrons. The molecule has 0 heterocycles. The lowest BCUT2D eigenvalue weighted by Crippen LogP contribution is -2.24. The summed E-state index contributed by atoms with van der Waals surface area (Å²) < 4.78 is 36.6. The van der Waals surface area contributed by atoms with Crippen LogP contribution in [0.1, 0.15) is 23.6 Å². The van der Waals surface area contributed by atoms with Crippen LogP contribution in [0.2, 0.25) is 0 Å². The summed E-state index contributed by atoms with van der Waals surface area (Å²) in [4.78, 5) is 12.8. The smallest absolute Gasteiger partial charge is 0.262 e. The Morgan fingerprint density at radius 2 is 1.78 bits per heavy atom. The zero-order valence-electron chi connectivity index (χ0n) is 20.6. The van der Waals surface area contributed by atoms with E-state index in [1.807, 2.05) is 13.0 Å². The Balaban J connectivity index is 1.80. The van der Waals surface area contributed by atoms with Gasteiger partial charge in [0.1, 0.15) is 35.6 Å². The number of hydrogen-bond donors (Lipinski definition) is 1. The molecule has 7 nitrogen and oxygen atoms in total. The molecule has 0 bridgehead atoms. The quantitative estimate of drug-likeness (QED) is 0.232. The maximum absolute atomic E-state index is 14.0. The number of hydrogen-bond acceptors (Lipinski definition) is 6. The van der Waals surface area contributed by atoms with Crippen LogP contribution >= 0.6 is 15.9 Å². The first-order valence-electron chi connectivity index (χ1n) is 11.3. The molecule has 0 saturated carbocycles. The summed E-state index contributed by atoms with van der Waals surface area (Å²) in [5, 5.41) is 12.4. The van der Waals surface area contributed by atoms with E-state index in [4.69, 9.17) is 18.9 Å². The van der Waals surface area contributed by atoms with Crippen molar-refractivity contribution in [2.75, 3.05) is 20.8 Å². The number of carbonyl (C=O) groups is 1. The Labute approximate surface area is 223 Å². The van der Waals surface area contributed by atoms with Crippen LogP contribution in [0.25, 0.3) is 6.08 Å². The van der Waals surface area contributed by atoms with E-state index in [0.29, 0.717) is 45.2 Å². The van der Waals surface area contributed by atoms with Crippen LogP contribution < -0.4 is 24.3 Å². The normalized spacial score (nSPS) is 10.9. The summed E-state index contributed by atoms with van der Waals surface area (Å²) in [5.74, 6) is 1.05. The lowest BCUT2D eigenvalue weighted by molar-refractivity contribution is -0.117. The molecule has 0 aliphatic rings. The van der Waals surface area contributed by atoms with E-state index in [2.05, 4.69) is 21.2 Å². The molecule has 0 saturated heterocycles. The average Bonchev–Trinajstić information content (AvgIpc) is 2.91. The van der Waals surface area contributed by atoms with Gasteiger partial charge in [-0.1, -0.05) is 34.1 Å². The monoisotopic (exact) mass is 568 g/mol. The van der Waals surface area contributed by atoms with Gasteiger partial charge in [0.2, 0.25) is 0 Å². The SMILES string of the molecule is CCOc1cc(/C=C(\C#N)C(=O)NCc2ccc(OC)cc2OC)c(Br)cc1OCc1ccccc1F. The first-order chi connectivity index (χ1) is 17.9. The van der Waals surface area contributed by atoms with Crippen molar-refractivity contribution in [1.29, 1.82) is 5.26 Å². The zero-order valence-corrected chi connectivity index (χ0v) is 22.2. The van der Waals surface area contributed by atoms with E-state index in [-0.39, 0.29) is 24.5 Å². The van der Waals surface area contributed by atoms with Gasteiger partial charge in [0.25, 0.3) is 5.91 Å². The molecule has 0 spiro atoms. The van der Waals surface area contributed by atoms with Crippen LogP contribution in [-0.4, -0.2) is 26.7 Å². The van der Waals surface area contributed by atoms with Gasteiger partial charge in [0.05, 0.1) is 20.8 Å². The summed E-state index contributed by atoms with van der Waals surface area (Å²) in [7, 11) is 3.08. The lowest BCUT2D eigenvalue weighted by Gasteiger charge is -2.15. The van der Waals surface area contributed by atoms with Crippen molar-refractivity contribution in [3.8, 4) is 29.1 Å². The van der Waals surface area contributed by atoms with Gasteiger partial charge in [-0.05, 0) is 48.9 Å². The number of amides is 1. The van der Waals surface area contributed by atoms with Crippen molar-refractivity contribution in [2.45, 2.75) is 20.1 Å². The summed E-state index contributed by atoms with van der Waals surface area (Å²) in [6.45, 7) is 2.34. The fraction of sp³-hybridized carbons (Fsp3) is 0.214. The van der Waals surface area contributed by atoms with Crippen LogP contribution in [0.15, 0.2) is 64.6 Å². The fourth-order valence-corrected chi connectivity index (χ4v) is 3.82. The molecule has 0 atom stereocenters. The minimum Gasteiger partial charge on any atom is -0.497 e. The standard InChI is InChI=1S/C28H26BrFN2O5/c1-4-36-26-12-20(23(29)14-27(26)37-17-19-7-5-6-8-24(19)30)11-21(15-31)28(33)32-16-18-9-10-22(34-2)13-25(18)35-3/h5-14H,4,16-17H2,1-3H3,(H,32,33)/b21-11+. The third-order valence-corrected chi connectivity index (χ3v) is 5.99. The summed E-state index contributed by atoms with van der Waals surface area (Å²) in [6.07, 6.45) is 1.45. The largest absolute Gasteiger partial charge is 0.497 e. The van der Waals surface area contributed by atoms with Gasteiger partial charge < -0.3 is 24.3 Å². The number of methoxy groups -OCH3 is 2. The summed E-state index contributed by atoms with van der Waals surface area (Å²) in [6, 6.07) is 16.8. The van der Waals surface area contributed by atoms with Crippen molar-refractivity contribution in [2.24, 2.45) is 0 Å². The Morgan fingerprint density at radius 1 is 1.03 bits per heavy atom. The molecular formula is C28H26BrFN2O5. The van der Waals surface area contributed by atoms with Gasteiger partial charge in [0, 0.05) is 28.2 Å². The van der Waals surface area contributed by atoms with Gasteiger partial charge >= 0.3 is 0 Å². The summed E-state index contributed by atoms with van der Waals surface area (Å²) >= 11 is 3.46. The number of ether oxygens (including phenoxy) is 4. The number of nitriles is 1. The van der Waals surface area contributed by atoms with Crippen molar-refractivity contribution >= 4 is 27.9 Å². The minimum absolute atomic E-state index is 0.00898. The van der Waals surface area contributed by atoms with E-state index in [1.165, 1.54) is 19.3 Å². The Kier molecular flexibility index (Phi) is 9.92. The molecule has 192 valence electrons. The maximum Gasteiger partial charge on any atom is 0.262 e. The number of benzene rings is 3. The highest BCUT2D eigenvalue weighted by Gasteiger charge is 2.15. The number of carbonyl (C=O) groups excluding carboxylic acids is 1. The van der Waals surface area contributed by atoms with Crippen molar-refractivity contribution in [1.82, 2.24) is 5.32 Å². The van der Waals surface area contributed by atoms with Gasteiger partial charge in [-0.25, -0.2) is 4.39 Å². The van der Waals surface area contributed by atoms with Crippen LogP contribution in [0.3, 0.4) is 0 Å². The fourth-order valence-electron chi connectivity index (χ4n) is 3.39. The number of halogens is 2. The molecule has 3 aromatic rings. The number of nitrogens with zero attached hydrogens (tertiary/aromatic N) is 1. The lowest BCUT2D eigenvalue weighted by atomic mass is 10.1. The third-order valence-electron chi connectivity index (χ3n) is 5.30. The van der Waals surface area contributed by atoms with Crippen LogP contribution in [0, 0.1) is 17.1 Å². The number of rotatable bonds is 11. The Morgan fingerprint density at radius 3 is 2.46 bits per heavy atom. The molecule has 3 rings (SSSR count). The molecular weight excluding hydrogens is 543 g/mol. The van der Waals surface area contributed by atoms with Gasteiger partial charge in [-0.2, -0.15) is 5.26 Å². The van der Waals surface area contributed by atoms with Crippen LogP contribution in [0.5, 0.6) is 23.0 Å². The average molecular weight is 569 g/mol. The zero-order chi connectivity index (χ0) is 26.8. The highest BCUT2D eigenvalue weighted by Crippen LogP contribution is 2.35. The molecule has 0 unspecified atom stereocenters. The maximum atomic E-state index is 14.0. The Hall–Kier alpha value is -4.03. The summed E-state index contributed by atoms with van der Waals surface area (Å²) in [5.41, 5.74) is 1.57. The van der Waals surface area contributed by atoms with Crippen molar-refractivity contribution in [3.63, 3.8) is 0 Å². The van der Waals surface area contributed by atoms with E-state index < -0.39 is 5.91 Å². The van der Waals surface area contributed by atoms with E-state index in [1.54, 1.807) is 55.6 Å². The molecule has 37 heavy (non-hydrogen) atoms. The second-order valence-electron chi connectivity index (χ2n) is 7.66. The molecule has 0 fully saturated rings. The Bertz CT molecular complexity index is 1340. The second kappa shape index (κ2) is 13.3. The second-order valence-corrected chi connectivity index (χ2v) is 8.52. The van der Waals surface area contributed by atoms with E-state index >= 15 is 0 Å². The molecule has 3 aromatic carbocycles. The first-order valence-corrected chi connectivity index (χ1v) is 12.1. The molecule has 0 aromatic heterocycles. The first kappa shape index (κ1) is 27.6. The molecule has 0 aliphatic carbocycles. The van der Waals surface area contributed by atoms with Gasteiger partial charge in [-0.3, -0.25) is 4.79 Å². The predicted octanol–water partition coefficient (Wildman–Crippen LogP) is 5.81. The van der Waals surface area contributed by atoms with Crippen molar-refractivity contribution < 1.29 is 28.1 Å². The predicted molar refractivity (Wildman–Crippen MR) is 141 cm³/mol. The molecule has 0 aliphatic heterocycles.